The highest BCUT2D eigenvalue weighted by molar-refractivity contribution is 9.10. The number of ether oxygens (including phenoxy) is 2. The van der Waals surface area contributed by atoms with Crippen LogP contribution in [0.15, 0.2) is 16.6 Å². The lowest BCUT2D eigenvalue weighted by Gasteiger charge is -2.10. The molecular weight excluding hydrogens is 248 g/mol. The average molecular weight is 259 g/mol. The summed E-state index contributed by atoms with van der Waals surface area (Å²) >= 11 is 3.37. The Kier molecular flexibility index (Phi) is 4.10. The molecule has 1 rings (SSSR count). The van der Waals surface area contributed by atoms with Gasteiger partial charge in [0.2, 0.25) is 0 Å². The smallest absolute Gasteiger partial charge is 0.153 e. The van der Waals surface area contributed by atoms with Crippen molar-refractivity contribution < 1.29 is 14.3 Å². The summed E-state index contributed by atoms with van der Waals surface area (Å²) < 4.78 is 10.9. The lowest BCUT2D eigenvalue weighted by molar-refractivity contribution is 0.112. The second-order valence-corrected chi connectivity index (χ2v) is 3.51. The topological polar surface area (TPSA) is 35.5 Å². The molecule has 0 unspecified atom stereocenters. The van der Waals surface area contributed by atoms with Crippen LogP contribution in [-0.2, 0) is 11.3 Å². The molecule has 0 aliphatic rings. The SMILES string of the molecule is COCc1ccc(C=O)c(OC)c1Br. The minimum absolute atomic E-state index is 0.482. The molecular formula is C10H11BrO3. The van der Waals surface area contributed by atoms with Crippen molar-refractivity contribution in [3.05, 3.63) is 27.7 Å². The minimum atomic E-state index is 0.482. The van der Waals surface area contributed by atoms with Gasteiger partial charge in [0.1, 0.15) is 5.75 Å². The summed E-state index contributed by atoms with van der Waals surface area (Å²) in [5.41, 5.74) is 1.48. The van der Waals surface area contributed by atoms with E-state index >= 15 is 0 Å². The highest BCUT2D eigenvalue weighted by atomic mass is 79.9. The first-order valence-corrected chi connectivity index (χ1v) is 4.83. The van der Waals surface area contributed by atoms with Gasteiger partial charge in [-0.1, -0.05) is 6.07 Å². The normalized spacial score (nSPS) is 9.93. The zero-order valence-corrected chi connectivity index (χ0v) is 9.63. The predicted molar refractivity (Wildman–Crippen MR) is 56.8 cm³/mol. The second kappa shape index (κ2) is 5.12. The van der Waals surface area contributed by atoms with Gasteiger partial charge in [-0.2, -0.15) is 0 Å². The molecule has 0 spiro atoms. The standard InChI is InChI=1S/C10H11BrO3/c1-13-6-8-4-3-7(5-12)10(14-2)9(8)11/h3-5H,6H2,1-2H3. The van der Waals surface area contributed by atoms with Crippen molar-refractivity contribution in [2.75, 3.05) is 14.2 Å². The predicted octanol–water partition coefficient (Wildman–Crippen LogP) is 2.42. The fraction of sp³-hybridized carbons (Fsp3) is 0.300. The molecule has 0 aliphatic heterocycles. The number of hydrogen-bond donors (Lipinski definition) is 0. The maximum absolute atomic E-state index is 10.7. The molecule has 0 radical (unpaired) electrons. The molecule has 0 fully saturated rings. The molecule has 0 bridgehead atoms. The quantitative estimate of drug-likeness (QED) is 0.779. The van der Waals surface area contributed by atoms with Crippen molar-refractivity contribution in [3.63, 3.8) is 0 Å². The first-order chi connectivity index (χ1) is 6.74. The van der Waals surface area contributed by atoms with Crippen LogP contribution in [0.5, 0.6) is 5.75 Å². The first kappa shape index (κ1) is 11.2. The lowest BCUT2D eigenvalue weighted by atomic mass is 10.1. The summed E-state index contributed by atoms with van der Waals surface area (Å²) in [7, 11) is 3.15. The van der Waals surface area contributed by atoms with Crippen molar-refractivity contribution in [2.24, 2.45) is 0 Å². The number of methoxy groups -OCH3 is 2. The maximum atomic E-state index is 10.7. The molecule has 1 aromatic carbocycles. The number of benzene rings is 1. The van der Waals surface area contributed by atoms with Crippen LogP contribution in [-0.4, -0.2) is 20.5 Å². The lowest BCUT2D eigenvalue weighted by Crippen LogP contribution is -1.96. The third kappa shape index (κ3) is 2.13. The van der Waals surface area contributed by atoms with Gasteiger partial charge in [-0.3, -0.25) is 4.79 Å². The van der Waals surface area contributed by atoms with Crippen LogP contribution in [0.4, 0.5) is 0 Å². The van der Waals surface area contributed by atoms with Crippen LogP contribution >= 0.6 is 15.9 Å². The number of halogens is 1. The van der Waals surface area contributed by atoms with Crippen molar-refractivity contribution in [1.29, 1.82) is 0 Å². The summed E-state index contributed by atoms with van der Waals surface area (Å²) in [6, 6.07) is 3.55. The molecule has 3 nitrogen and oxygen atoms in total. The summed E-state index contributed by atoms with van der Waals surface area (Å²) in [5, 5.41) is 0. The second-order valence-electron chi connectivity index (χ2n) is 2.71. The van der Waals surface area contributed by atoms with E-state index < -0.39 is 0 Å². The Balaban J connectivity index is 3.20. The summed E-state index contributed by atoms with van der Waals surface area (Å²) in [6.45, 7) is 0.482. The van der Waals surface area contributed by atoms with E-state index in [1.165, 1.54) is 7.11 Å². The van der Waals surface area contributed by atoms with Crippen LogP contribution in [0.1, 0.15) is 15.9 Å². The third-order valence-electron chi connectivity index (χ3n) is 1.84. The van der Waals surface area contributed by atoms with E-state index in [1.54, 1.807) is 13.2 Å². The highest BCUT2D eigenvalue weighted by Crippen LogP contribution is 2.31. The maximum Gasteiger partial charge on any atom is 0.153 e. The van der Waals surface area contributed by atoms with Crippen LogP contribution < -0.4 is 4.74 Å². The Bertz CT molecular complexity index is 336. The molecule has 0 heterocycles. The number of hydrogen-bond acceptors (Lipinski definition) is 3. The summed E-state index contributed by atoms with van der Waals surface area (Å²) in [6.07, 6.45) is 0.764. The van der Waals surface area contributed by atoms with Gasteiger partial charge in [0, 0.05) is 7.11 Å². The molecule has 0 aromatic heterocycles. The van der Waals surface area contributed by atoms with Gasteiger partial charge >= 0.3 is 0 Å². The van der Waals surface area contributed by atoms with Gasteiger partial charge in [-0.15, -0.1) is 0 Å². The fourth-order valence-corrected chi connectivity index (χ4v) is 1.82. The highest BCUT2D eigenvalue weighted by Gasteiger charge is 2.10. The van der Waals surface area contributed by atoms with Crippen molar-refractivity contribution >= 4 is 22.2 Å². The van der Waals surface area contributed by atoms with Gasteiger partial charge in [-0.25, -0.2) is 0 Å². The fourth-order valence-electron chi connectivity index (χ4n) is 1.18. The van der Waals surface area contributed by atoms with E-state index in [0.29, 0.717) is 17.9 Å². The van der Waals surface area contributed by atoms with Crippen LogP contribution in [0.3, 0.4) is 0 Å². The Hall–Kier alpha value is -0.870. The van der Waals surface area contributed by atoms with E-state index in [0.717, 1.165) is 16.3 Å². The monoisotopic (exact) mass is 258 g/mol. The van der Waals surface area contributed by atoms with Gasteiger partial charge in [0.15, 0.2) is 6.29 Å². The number of aldehydes is 1. The van der Waals surface area contributed by atoms with Gasteiger partial charge < -0.3 is 9.47 Å². The van der Waals surface area contributed by atoms with Gasteiger partial charge in [0.25, 0.3) is 0 Å². The average Bonchev–Trinajstić information content (AvgIpc) is 2.21. The Labute approximate surface area is 91.1 Å². The Morgan fingerprint density at radius 3 is 2.64 bits per heavy atom. The van der Waals surface area contributed by atoms with E-state index in [1.807, 2.05) is 6.07 Å². The largest absolute Gasteiger partial charge is 0.495 e. The summed E-state index contributed by atoms with van der Waals surface area (Å²) in [4.78, 5) is 10.7. The van der Waals surface area contributed by atoms with Crippen LogP contribution in [0.25, 0.3) is 0 Å². The molecule has 0 saturated carbocycles. The molecule has 0 aliphatic carbocycles. The van der Waals surface area contributed by atoms with Gasteiger partial charge in [-0.05, 0) is 27.6 Å². The zero-order valence-electron chi connectivity index (χ0n) is 8.04. The zero-order chi connectivity index (χ0) is 10.6. The van der Waals surface area contributed by atoms with E-state index in [9.17, 15) is 4.79 Å². The molecule has 0 atom stereocenters. The third-order valence-corrected chi connectivity index (χ3v) is 2.71. The molecule has 14 heavy (non-hydrogen) atoms. The minimum Gasteiger partial charge on any atom is -0.495 e. The molecule has 0 amide bonds. The molecule has 0 N–H and O–H groups in total. The number of carbonyl (C=O) groups is 1. The first-order valence-electron chi connectivity index (χ1n) is 4.04. The van der Waals surface area contributed by atoms with Crippen molar-refractivity contribution in [2.45, 2.75) is 6.61 Å². The van der Waals surface area contributed by atoms with Gasteiger partial charge in [0.05, 0.1) is 23.8 Å². The van der Waals surface area contributed by atoms with Crippen LogP contribution in [0.2, 0.25) is 0 Å². The van der Waals surface area contributed by atoms with E-state index in [-0.39, 0.29) is 0 Å². The van der Waals surface area contributed by atoms with Crippen LogP contribution in [0, 0.1) is 0 Å². The number of carbonyl (C=O) groups excluding carboxylic acids is 1. The van der Waals surface area contributed by atoms with Crippen molar-refractivity contribution in [3.8, 4) is 5.75 Å². The van der Waals surface area contributed by atoms with Crippen molar-refractivity contribution in [1.82, 2.24) is 0 Å². The summed E-state index contributed by atoms with van der Waals surface area (Å²) in [5.74, 6) is 0.551. The Morgan fingerprint density at radius 1 is 1.43 bits per heavy atom. The van der Waals surface area contributed by atoms with E-state index in [4.69, 9.17) is 9.47 Å². The Morgan fingerprint density at radius 2 is 2.14 bits per heavy atom. The molecule has 0 saturated heterocycles. The van der Waals surface area contributed by atoms with E-state index in [2.05, 4.69) is 15.9 Å². The molecule has 4 heteroatoms. The molecule has 1 aromatic rings. The molecule has 76 valence electrons. The number of rotatable bonds is 4.